The third kappa shape index (κ3) is 3.06. The molecule has 0 N–H and O–H groups in total. The third-order valence-corrected chi connectivity index (χ3v) is 0.910. The van der Waals surface area contributed by atoms with Gasteiger partial charge >= 0.3 is 6.18 Å². The Morgan fingerprint density at radius 2 is 1.91 bits per heavy atom. The lowest BCUT2D eigenvalue weighted by Gasteiger charge is -2.03. The van der Waals surface area contributed by atoms with Crippen molar-refractivity contribution in [3.05, 3.63) is 11.8 Å². The predicted molar refractivity (Wildman–Crippen MR) is 31.8 cm³/mol. The Balaban J connectivity index is 4.39. The van der Waals surface area contributed by atoms with Crippen LogP contribution >= 0.6 is 0 Å². The van der Waals surface area contributed by atoms with Gasteiger partial charge in [-0.2, -0.15) is 13.2 Å². The van der Waals surface area contributed by atoms with Gasteiger partial charge in [-0.3, -0.25) is 4.79 Å². The standard InChI is InChI=1S/C6H7F3O2/c1-4(3-11-2)5(10)6(7,8)9/h3H,1-2H3/b4-3-. The Morgan fingerprint density at radius 1 is 1.45 bits per heavy atom. The van der Waals surface area contributed by atoms with Crippen molar-refractivity contribution in [1.82, 2.24) is 0 Å². The minimum atomic E-state index is -4.81. The summed E-state index contributed by atoms with van der Waals surface area (Å²) in [6, 6.07) is 0. The summed E-state index contributed by atoms with van der Waals surface area (Å²) >= 11 is 0. The number of carbonyl (C=O) groups is 1. The smallest absolute Gasteiger partial charge is 0.454 e. The number of allylic oxidation sites excluding steroid dienone is 1. The van der Waals surface area contributed by atoms with Crippen LogP contribution in [0.15, 0.2) is 11.8 Å². The minimum Gasteiger partial charge on any atom is -0.504 e. The Bertz CT molecular complexity index is 181. The van der Waals surface area contributed by atoms with Gasteiger partial charge in [-0.1, -0.05) is 0 Å². The summed E-state index contributed by atoms with van der Waals surface area (Å²) in [6.45, 7) is 1.04. The fourth-order valence-electron chi connectivity index (χ4n) is 0.454. The molecule has 0 rings (SSSR count). The Morgan fingerprint density at radius 3 is 2.18 bits per heavy atom. The van der Waals surface area contributed by atoms with Gasteiger partial charge in [-0.05, 0) is 6.92 Å². The Kier molecular flexibility index (Phi) is 3.10. The summed E-state index contributed by atoms with van der Waals surface area (Å²) in [5, 5.41) is 0. The maximum absolute atomic E-state index is 11.6. The van der Waals surface area contributed by atoms with Gasteiger partial charge < -0.3 is 4.74 Å². The van der Waals surface area contributed by atoms with Crippen LogP contribution in [0.4, 0.5) is 13.2 Å². The van der Waals surface area contributed by atoms with Crippen molar-refractivity contribution in [2.75, 3.05) is 7.11 Å². The van der Waals surface area contributed by atoms with E-state index < -0.39 is 17.5 Å². The van der Waals surface area contributed by atoms with E-state index in [1.807, 2.05) is 0 Å². The minimum absolute atomic E-state index is 0.458. The van der Waals surface area contributed by atoms with Gasteiger partial charge in [-0.25, -0.2) is 0 Å². The van der Waals surface area contributed by atoms with Gasteiger partial charge in [0.05, 0.1) is 13.4 Å². The molecule has 0 atom stereocenters. The molecule has 0 unspecified atom stereocenters. The topological polar surface area (TPSA) is 26.3 Å². The number of ketones is 1. The molecule has 0 aromatic heterocycles. The van der Waals surface area contributed by atoms with E-state index in [1.165, 1.54) is 7.11 Å². The van der Waals surface area contributed by atoms with Crippen molar-refractivity contribution in [2.45, 2.75) is 13.1 Å². The fourth-order valence-corrected chi connectivity index (χ4v) is 0.454. The highest BCUT2D eigenvalue weighted by atomic mass is 19.4. The van der Waals surface area contributed by atoms with E-state index in [1.54, 1.807) is 0 Å². The number of halogens is 3. The first-order valence-corrected chi connectivity index (χ1v) is 2.70. The van der Waals surface area contributed by atoms with Crippen molar-refractivity contribution >= 4 is 5.78 Å². The molecule has 0 saturated heterocycles. The number of ether oxygens (including phenoxy) is 1. The number of Topliss-reactive ketones (excluding diaryl/α,β-unsaturated/α-hetero) is 1. The van der Waals surface area contributed by atoms with E-state index in [-0.39, 0.29) is 0 Å². The number of methoxy groups -OCH3 is 1. The van der Waals surface area contributed by atoms with Crippen LogP contribution < -0.4 is 0 Å². The summed E-state index contributed by atoms with van der Waals surface area (Å²) in [5.41, 5.74) is -0.458. The van der Waals surface area contributed by atoms with Gasteiger partial charge in [0.15, 0.2) is 0 Å². The molecule has 0 aliphatic carbocycles. The third-order valence-electron chi connectivity index (χ3n) is 0.910. The zero-order valence-electron chi connectivity index (χ0n) is 6.03. The summed E-state index contributed by atoms with van der Waals surface area (Å²) < 4.78 is 39.0. The maximum Gasteiger partial charge on any atom is 0.454 e. The predicted octanol–water partition coefficient (Wildman–Crippen LogP) is 1.67. The first-order valence-electron chi connectivity index (χ1n) is 2.70. The van der Waals surface area contributed by atoms with Crippen LogP contribution in [0.3, 0.4) is 0 Å². The molecule has 0 fully saturated rings. The molecule has 11 heavy (non-hydrogen) atoms. The van der Waals surface area contributed by atoms with Gasteiger partial charge in [0.25, 0.3) is 5.78 Å². The molecule has 0 amide bonds. The molecule has 0 bridgehead atoms. The highest BCUT2D eigenvalue weighted by molar-refractivity contribution is 5.98. The lowest BCUT2D eigenvalue weighted by atomic mass is 10.2. The van der Waals surface area contributed by atoms with Gasteiger partial charge in [0.1, 0.15) is 0 Å². The molecule has 0 aromatic carbocycles. The molecule has 5 heteroatoms. The second-order valence-electron chi connectivity index (χ2n) is 1.86. The Labute approximate surface area is 61.6 Å². The van der Waals surface area contributed by atoms with E-state index in [0.717, 1.165) is 13.2 Å². The number of carbonyl (C=O) groups excluding carboxylic acids is 1. The molecule has 0 radical (unpaired) electrons. The van der Waals surface area contributed by atoms with E-state index in [0.29, 0.717) is 0 Å². The molecule has 0 heterocycles. The molecule has 0 aliphatic heterocycles. The first kappa shape index (κ1) is 10.0. The largest absolute Gasteiger partial charge is 0.504 e. The molecule has 0 aliphatic rings. The Hall–Kier alpha value is -1.00. The molecular formula is C6H7F3O2. The summed E-state index contributed by atoms with van der Waals surface area (Å²) in [6.07, 6.45) is -4.05. The van der Waals surface area contributed by atoms with Crippen LogP contribution in [-0.2, 0) is 9.53 Å². The van der Waals surface area contributed by atoms with Gasteiger partial charge in [-0.15, -0.1) is 0 Å². The van der Waals surface area contributed by atoms with Crippen LogP contribution in [0.1, 0.15) is 6.92 Å². The summed E-state index contributed by atoms with van der Waals surface area (Å²) in [5.74, 6) is -1.88. The zero-order valence-corrected chi connectivity index (χ0v) is 6.03. The first-order chi connectivity index (χ1) is 4.89. The van der Waals surface area contributed by atoms with E-state index in [9.17, 15) is 18.0 Å². The second-order valence-corrected chi connectivity index (χ2v) is 1.86. The normalized spacial score (nSPS) is 13.0. The molecular weight excluding hydrogens is 161 g/mol. The number of alkyl halides is 3. The van der Waals surface area contributed by atoms with Gasteiger partial charge in [0, 0.05) is 5.57 Å². The van der Waals surface area contributed by atoms with Crippen molar-refractivity contribution in [3.63, 3.8) is 0 Å². The quantitative estimate of drug-likeness (QED) is 0.463. The van der Waals surface area contributed by atoms with Crippen molar-refractivity contribution in [3.8, 4) is 0 Å². The van der Waals surface area contributed by atoms with Crippen LogP contribution in [-0.4, -0.2) is 19.1 Å². The van der Waals surface area contributed by atoms with Crippen molar-refractivity contribution < 1.29 is 22.7 Å². The van der Waals surface area contributed by atoms with Crippen molar-refractivity contribution in [1.29, 1.82) is 0 Å². The number of hydrogen-bond donors (Lipinski definition) is 0. The molecule has 0 spiro atoms. The SMILES string of the molecule is CO/C=C(/C)C(=O)C(F)(F)F. The zero-order chi connectivity index (χ0) is 9.07. The maximum atomic E-state index is 11.6. The lowest BCUT2D eigenvalue weighted by molar-refractivity contribution is -0.166. The van der Waals surface area contributed by atoms with Crippen molar-refractivity contribution in [2.24, 2.45) is 0 Å². The van der Waals surface area contributed by atoms with E-state index >= 15 is 0 Å². The second kappa shape index (κ2) is 3.41. The molecule has 64 valence electrons. The van der Waals surface area contributed by atoms with Crippen LogP contribution in [0, 0.1) is 0 Å². The molecule has 2 nitrogen and oxygen atoms in total. The molecule has 0 saturated carbocycles. The average molecular weight is 168 g/mol. The van der Waals surface area contributed by atoms with Crippen LogP contribution in [0.2, 0.25) is 0 Å². The lowest BCUT2D eigenvalue weighted by Crippen LogP contribution is -2.23. The average Bonchev–Trinajstić information content (AvgIpc) is 1.85. The highest BCUT2D eigenvalue weighted by Crippen LogP contribution is 2.19. The number of hydrogen-bond acceptors (Lipinski definition) is 2. The van der Waals surface area contributed by atoms with E-state index in [2.05, 4.69) is 4.74 Å². The highest BCUT2D eigenvalue weighted by Gasteiger charge is 2.39. The van der Waals surface area contributed by atoms with Crippen LogP contribution in [0.25, 0.3) is 0 Å². The summed E-state index contributed by atoms with van der Waals surface area (Å²) in [7, 11) is 1.17. The fraction of sp³-hybridized carbons (Fsp3) is 0.500. The molecule has 0 aromatic rings. The monoisotopic (exact) mass is 168 g/mol. The van der Waals surface area contributed by atoms with Crippen LogP contribution in [0.5, 0.6) is 0 Å². The van der Waals surface area contributed by atoms with Gasteiger partial charge in [0.2, 0.25) is 0 Å². The van der Waals surface area contributed by atoms with E-state index in [4.69, 9.17) is 0 Å². The summed E-state index contributed by atoms with van der Waals surface area (Å²) in [4.78, 5) is 10.3. The number of rotatable bonds is 2.